The Morgan fingerprint density at radius 2 is 1.82 bits per heavy atom. The summed E-state index contributed by atoms with van der Waals surface area (Å²) < 4.78 is 13.1. The molecule has 0 unspecified atom stereocenters. The second-order valence-corrected chi connectivity index (χ2v) is 14.5. The van der Waals surface area contributed by atoms with Crippen LogP contribution >= 0.6 is 0 Å². The van der Waals surface area contributed by atoms with Crippen molar-refractivity contribution in [3.05, 3.63) is 46.2 Å². The highest BCUT2D eigenvalue weighted by Crippen LogP contribution is 2.43. The number of benzene rings is 1. The van der Waals surface area contributed by atoms with Gasteiger partial charge in [0.05, 0.1) is 31.5 Å². The summed E-state index contributed by atoms with van der Waals surface area (Å²) in [5, 5.41) is 2.65. The van der Waals surface area contributed by atoms with Crippen LogP contribution in [0.1, 0.15) is 26.3 Å². The minimum atomic E-state index is -1.94. The zero-order valence-corrected chi connectivity index (χ0v) is 17.9. The fourth-order valence-corrected chi connectivity index (χ4v) is 6.77. The number of fused-ring (bicyclic) bond motifs is 5. The molecule has 0 spiro atoms. The van der Waals surface area contributed by atoms with Gasteiger partial charge in [-0.05, 0) is 27.9 Å². The molecule has 3 aromatic rings. The van der Waals surface area contributed by atoms with E-state index in [-0.39, 0.29) is 17.4 Å². The summed E-state index contributed by atoms with van der Waals surface area (Å²) >= 11 is 0. The fourth-order valence-electron chi connectivity index (χ4n) is 4.20. The van der Waals surface area contributed by atoms with Gasteiger partial charge in [-0.15, -0.1) is 0 Å². The Morgan fingerprint density at radius 1 is 1.11 bits per heavy atom. The number of rotatable bonds is 1. The quantitative estimate of drug-likeness (QED) is 0.462. The van der Waals surface area contributed by atoms with Gasteiger partial charge in [-0.2, -0.15) is 0 Å². The molecule has 5 nitrogen and oxygen atoms in total. The number of hydrogen-bond acceptors (Lipinski definition) is 4. The predicted molar refractivity (Wildman–Crippen MR) is 113 cm³/mol. The van der Waals surface area contributed by atoms with E-state index in [1.165, 1.54) is 10.8 Å². The van der Waals surface area contributed by atoms with E-state index in [4.69, 9.17) is 14.5 Å². The van der Waals surface area contributed by atoms with Gasteiger partial charge in [0.2, 0.25) is 6.79 Å². The lowest BCUT2D eigenvalue weighted by molar-refractivity contribution is 0.174. The summed E-state index contributed by atoms with van der Waals surface area (Å²) in [5.74, 6) is 1.52. The third kappa shape index (κ3) is 2.24. The molecule has 2 aliphatic heterocycles. The first-order chi connectivity index (χ1) is 13.2. The van der Waals surface area contributed by atoms with E-state index < -0.39 is 8.07 Å². The lowest BCUT2D eigenvalue weighted by Gasteiger charge is -2.39. The van der Waals surface area contributed by atoms with Gasteiger partial charge in [0.25, 0.3) is 5.56 Å². The van der Waals surface area contributed by atoms with Gasteiger partial charge in [-0.3, -0.25) is 4.79 Å². The fraction of sp³-hybridized carbons (Fsp3) is 0.364. The Bertz CT molecular complexity index is 1210. The van der Waals surface area contributed by atoms with Crippen LogP contribution in [0.2, 0.25) is 18.1 Å². The third-order valence-electron chi connectivity index (χ3n) is 6.69. The maximum Gasteiger partial charge on any atom is 0.251 e. The summed E-state index contributed by atoms with van der Waals surface area (Å²) in [6.45, 7) is 12.6. The molecule has 0 N–H and O–H groups in total. The summed E-state index contributed by atoms with van der Waals surface area (Å²) in [4.78, 5) is 17.5. The van der Waals surface area contributed by atoms with Crippen molar-refractivity contribution in [2.24, 2.45) is 0 Å². The van der Waals surface area contributed by atoms with Gasteiger partial charge in [0.1, 0.15) is 0 Å². The molecule has 28 heavy (non-hydrogen) atoms. The van der Waals surface area contributed by atoms with E-state index in [0.29, 0.717) is 6.54 Å². The van der Waals surface area contributed by atoms with Gasteiger partial charge < -0.3 is 14.0 Å². The molecule has 0 aliphatic carbocycles. The van der Waals surface area contributed by atoms with Gasteiger partial charge >= 0.3 is 0 Å². The lowest BCUT2D eigenvalue weighted by Crippen LogP contribution is -2.51. The van der Waals surface area contributed by atoms with Crippen molar-refractivity contribution >= 4 is 24.2 Å². The second kappa shape index (κ2) is 5.47. The molecule has 5 rings (SSSR count). The normalized spacial score (nSPS) is 15.0. The van der Waals surface area contributed by atoms with Crippen LogP contribution in [0.3, 0.4) is 0 Å². The first-order valence-corrected chi connectivity index (χ1v) is 12.7. The van der Waals surface area contributed by atoms with Crippen LogP contribution in [-0.2, 0) is 6.54 Å². The molecule has 2 aromatic heterocycles. The van der Waals surface area contributed by atoms with E-state index in [1.54, 1.807) is 6.07 Å². The molecule has 2 aliphatic rings. The Labute approximate surface area is 164 Å². The molecule has 0 saturated carbocycles. The number of ether oxygens (including phenoxy) is 2. The minimum Gasteiger partial charge on any atom is -0.454 e. The van der Waals surface area contributed by atoms with Gasteiger partial charge in [0.15, 0.2) is 11.5 Å². The predicted octanol–water partition coefficient (Wildman–Crippen LogP) is 3.87. The molecule has 144 valence electrons. The number of pyridine rings is 2. The molecule has 0 amide bonds. The maximum atomic E-state index is 12.5. The zero-order valence-electron chi connectivity index (χ0n) is 16.9. The summed E-state index contributed by atoms with van der Waals surface area (Å²) in [6.07, 6.45) is 0. The second-order valence-electron chi connectivity index (χ2n) is 9.25. The molecular weight excluding hydrogens is 368 g/mol. The molecule has 0 saturated heterocycles. The van der Waals surface area contributed by atoms with E-state index in [2.05, 4.69) is 39.9 Å². The largest absolute Gasteiger partial charge is 0.454 e. The van der Waals surface area contributed by atoms with Crippen molar-refractivity contribution in [2.75, 3.05) is 6.79 Å². The van der Waals surface area contributed by atoms with Crippen molar-refractivity contribution < 1.29 is 9.47 Å². The van der Waals surface area contributed by atoms with Crippen LogP contribution < -0.4 is 20.2 Å². The van der Waals surface area contributed by atoms with Crippen LogP contribution in [0.4, 0.5) is 0 Å². The van der Waals surface area contributed by atoms with Gasteiger partial charge in [-0.1, -0.05) is 39.9 Å². The van der Waals surface area contributed by atoms with Crippen molar-refractivity contribution in [1.82, 2.24) is 9.55 Å². The van der Waals surface area contributed by atoms with Crippen molar-refractivity contribution in [3.8, 4) is 22.9 Å². The van der Waals surface area contributed by atoms with Crippen LogP contribution in [0.5, 0.6) is 11.5 Å². The van der Waals surface area contributed by atoms with E-state index in [1.807, 2.05) is 22.8 Å². The van der Waals surface area contributed by atoms with Crippen LogP contribution in [0, 0.1) is 0 Å². The summed E-state index contributed by atoms with van der Waals surface area (Å²) in [5.41, 5.74) is 3.97. The Hall–Kier alpha value is -2.60. The molecule has 0 atom stereocenters. The van der Waals surface area contributed by atoms with Crippen LogP contribution in [0.15, 0.2) is 35.1 Å². The Balaban J connectivity index is 1.92. The zero-order chi connectivity index (χ0) is 19.8. The minimum absolute atomic E-state index is 0.0231. The lowest BCUT2D eigenvalue weighted by atomic mass is 10.1. The van der Waals surface area contributed by atoms with Crippen LogP contribution in [0.25, 0.3) is 22.3 Å². The van der Waals surface area contributed by atoms with E-state index >= 15 is 0 Å². The monoisotopic (exact) mass is 392 g/mol. The van der Waals surface area contributed by atoms with Gasteiger partial charge in [-0.25, -0.2) is 4.98 Å². The topological polar surface area (TPSA) is 53.4 Å². The first-order valence-electron chi connectivity index (χ1n) is 9.65. The standard InChI is InChI=1S/C22H24N2O3Si/c1-22(2,3)28(4,5)21-13-9-17-18(27-12-26-17)10-15(13)23-20-14(21)11-24-16(20)7-6-8-19(24)25/h6-10H,11-12H2,1-5H3. The number of nitrogens with zero attached hydrogens (tertiary/aromatic N) is 2. The average molecular weight is 393 g/mol. The number of aromatic nitrogens is 2. The van der Waals surface area contributed by atoms with Gasteiger partial charge in [0, 0.05) is 17.5 Å². The van der Waals surface area contributed by atoms with Crippen LogP contribution in [-0.4, -0.2) is 24.4 Å². The smallest absolute Gasteiger partial charge is 0.251 e. The maximum absolute atomic E-state index is 12.5. The molecule has 0 fully saturated rings. The highest BCUT2D eigenvalue weighted by atomic mass is 28.3. The molecule has 6 heteroatoms. The summed E-state index contributed by atoms with van der Waals surface area (Å²) in [6, 6.07) is 9.51. The van der Waals surface area contributed by atoms with Crippen molar-refractivity contribution in [1.29, 1.82) is 0 Å². The van der Waals surface area contributed by atoms with E-state index in [0.717, 1.165) is 33.8 Å². The Kier molecular flexibility index (Phi) is 3.42. The molecule has 0 radical (unpaired) electrons. The molecule has 4 heterocycles. The molecule has 1 aromatic carbocycles. The number of hydrogen-bond donors (Lipinski definition) is 0. The SMILES string of the molecule is CC(C)(C)[Si](C)(C)c1c2c(nc3cc4c(cc13)OCO4)-c1cccc(=O)n1C2. The van der Waals surface area contributed by atoms with Crippen molar-refractivity contribution in [3.63, 3.8) is 0 Å². The van der Waals surface area contributed by atoms with Crippen molar-refractivity contribution in [2.45, 2.75) is 45.4 Å². The first kappa shape index (κ1) is 17.5. The summed E-state index contributed by atoms with van der Waals surface area (Å²) in [7, 11) is -1.94. The molecular formula is C22H24N2O3Si. The average Bonchev–Trinajstić information content (AvgIpc) is 3.21. The third-order valence-corrected chi connectivity index (χ3v) is 12.3. The highest BCUT2D eigenvalue weighted by Gasteiger charge is 2.42. The highest BCUT2D eigenvalue weighted by molar-refractivity contribution is 6.94. The molecule has 0 bridgehead atoms. The van der Waals surface area contributed by atoms with E-state index in [9.17, 15) is 4.79 Å². The Morgan fingerprint density at radius 3 is 2.54 bits per heavy atom.